The van der Waals surface area contributed by atoms with Gasteiger partial charge in [0.25, 0.3) is 0 Å². The quantitative estimate of drug-likeness (QED) is 0.224. The fourth-order valence-corrected chi connectivity index (χ4v) is 3.25. The van der Waals surface area contributed by atoms with Crippen LogP contribution in [0.4, 0.5) is 18.0 Å². The molecule has 2 aromatic rings. The van der Waals surface area contributed by atoms with Gasteiger partial charge in [-0.25, -0.2) is 9.59 Å². The lowest BCUT2D eigenvalue weighted by molar-refractivity contribution is -0.147. The van der Waals surface area contributed by atoms with Crippen LogP contribution in [0.5, 0.6) is 5.75 Å². The topological polar surface area (TPSA) is 125 Å². The number of amides is 1. The van der Waals surface area contributed by atoms with Gasteiger partial charge in [-0.3, -0.25) is 4.79 Å². The Balaban J connectivity index is 2.26. The maximum Gasteiger partial charge on any atom is 0.534 e. The van der Waals surface area contributed by atoms with Crippen molar-refractivity contribution in [2.75, 3.05) is 0 Å². The molecule has 0 aromatic heterocycles. The first-order valence-corrected chi connectivity index (χ1v) is 11.8. The highest BCUT2D eigenvalue weighted by Crippen LogP contribution is 2.29. The van der Waals surface area contributed by atoms with E-state index in [4.69, 9.17) is 9.47 Å². The summed E-state index contributed by atoms with van der Waals surface area (Å²) in [5, 5.41) is 2.37. The van der Waals surface area contributed by atoms with Crippen LogP contribution in [0.2, 0.25) is 0 Å². The molecule has 196 valence electrons. The molecule has 1 unspecified atom stereocenters. The lowest BCUT2D eigenvalue weighted by Gasteiger charge is -2.23. The van der Waals surface area contributed by atoms with E-state index in [-0.39, 0.29) is 24.9 Å². The third-order valence-electron chi connectivity index (χ3n) is 4.32. The molecular weight excluding hydrogens is 507 g/mol. The Kier molecular flexibility index (Phi) is 9.08. The van der Waals surface area contributed by atoms with Crippen LogP contribution in [0.15, 0.2) is 48.5 Å². The van der Waals surface area contributed by atoms with E-state index in [9.17, 15) is 36.0 Å². The standard InChI is InChI=1S/C23H24F3NO8S/c1-22(2,3)34-21(30)27-18(20(29)33-14-15-7-5-4-6-8-15)12-16-9-10-19(17(11-16)13-28)35-36(31,32)23(24,25)26/h4-11,13,18H,12,14H2,1-3H3,(H,27,30). The summed E-state index contributed by atoms with van der Waals surface area (Å²) in [5.41, 5.74) is -6.23. The molecule has 0 saturated carbocycles. The summed E-state index contributed by atoms with van der Waals surface area (Å²) in [6.07, 6.45) is -1.11. The van der Waals surface area contributed by atoms with Crippen LogP contribution in [-0.2, 0) is 37.4 Å². The summed E-state index contributed by atoms with van der Waals surface area (Å²) < 4.78 is 74.9. The lowest BCUT2D eigenvalue weighted by atomic mass is 10.0. The van der Waals surface area contributed by atoms with Gasteiger partial charge in [-0.15, -0.1) is 0 Å². The molecule has 0 radical (unpaired) electrons. The minimum Gasteiger partial charge on any atom is -0.459 e. The number of carbonyl (C=O) groups excluding carboxylic acids is 3. The molecule has 13 heteroatoms. The zero-order chi connectivity index (χ0) is 27.1. The van der Waals surface area contributed by atoms with Gasteiger partial charge in [-0.2, -0.15) is 21.6 Å². The van der Waals surface area contributed by atoms with E-state index in [1.165, 1.54) is 0 Å². The number of nitrogens with one attached hydrogen (secondary N) is 1. The molecular formula is C23H24F3NO8S. The first-order chi connectivity index (χ1) is 16.6. The van der Waals surface area contributed by atoms with Crippen molar-refractivity contribution in [3.63, 3.8) is 0 Å². The number of ether oxygens (including phenoxy) is 2. The fraction of sp³-hybridized carbons (Fsp3) is 0.348. The molecule has 0 spiro atoms. The number of rotatable bonds is 9. The second kappa shape index (κ2) is 11.4. The fourth-order valence-electron chi connectivity index (χ4n) is 2.77. The SMILES string of the molecule is CC(C)(C)OC(=O)NC(Cc1ccc(OS(=O)(=O)C(F)(F)F)c(C=O)c1)C(=O)OCc1ccccc1. The first-order valence-electron chi connectivity index (χ1n) is 10.4. The van der Waals surface area contributed by atoms with Gasteiger partial charge in [-0.1, -0.05) is 36.4 Å². The molecule has 0 aliphatic rings. The van der Waals surface area contributed by atoms with E-state index < -0.39 is 50.6 Å². The molecule has 9 nitrogen and oxygen atoms in total. The Labute approximate surface area is 205 Å². The van der Waals surface area contributed by atoms with Crippen LogP contribution in [0.3, 0.4) is 0 Å². The van der Waals surface area contributed by atoms with Gasteiger partial charge >= 0.3 is 27.7 Å². The molecule has 2 rings (SSSR count). The number of alkyl carbamates (subject to hydrolysis) is 1. The van der Waals surface area contributed by atoms with Gasteiger partial charge in [0.05, 0.1) is 5.56 Å². The van der Waals surface area contributed by atoms with Crippen molar-refractivity contribution in [1.82, 2.24) is 5.32 Å². The van der Waals surface area contributed by atoms with Crippen molar-refractivity contribution >= 4 is 28.5 Å². The van der Waals surface area contributed by atoms with Crippen LogP contribution in [-0.4, -0.2) is 43.9 Å². The molecule has 0 saturated heterocycles. The van der Waals surface area contributed by atoms with E-state index in [0.717, 1.165) is 18.2 Å². The van der Waals surface area contributed by atoms with Crippen molar-refractivity contribution < 1.29 is 49.6 Å². The summed E-state index contributed by atoms with van der Waals surface area (Å²) in [4.78, 5) is 36.4. The Morgan fingerprint density at radius 1 is 1.03 bits per heavy atom. The zero-order valence-corrected chi connectivity index (χ0v) is 20.3. The highest BCUT2D eigenvalue weighted by molar-refractivity contribution is 7.88. The highest BCUT2D eigenvalue weighted by atomic mass is 32.2. The van der Waals surface area contributed by atoms with E-state index in [2.05, 4.69) is 9.50 Å². The largest absolute Gasteiger partial charge is 0.534 e. The minimum absolute atomic E-state index is 0.0920. The average molecular weight is 532 g/mol. The maximum atomic E-state index is 12.8. The molecule has 36 heavy (non-hydrogen) atoms. The first kappa shape index (κ1) is 28.6. The van der Waals surface area contributed by atoms with Crippen molar-refractivity contribution in [2.45, 2.75) is 51.0 Å². The van der Waals surface area contributed by atoms with Gasteiger partial charge in [-0.05, 0) is 44.0 Å². The van der Waals surface area contributed by atoms with Gasteiger partial charge in [0.1, 0.15) is 18.2 Å². The number of hydrogen-bond donors (Lipinski definition) is 1. The molecule has 0 heterocycles. The molecule has 1 N–H and O–H groups in total. The van der Waals surface area contributed by atoms with Crippen LogP contribution in [0.25, 0.3) is 0 Å². The lowest BCUT2D eigenvalue weighted by Crippen LogP contribution is -2.45. The molecule has 0 bridgehead atoms. The van der Waals surface area contributed by atoms with Crippen LogP contribution < -0.4 is 9.50 Å². The molecule has 1 amide bonds. The normalized spacial score (nSPS) is 12.8. The van der Waals surface area contributed by atoms with E-state index in [1.807, 2.05) is 0 Å². The van der Waals surface area contributed by atoms with Crippen molar-refractivity contribution in [1.29, 1.82) is 0 Å². The van der Waals surface area contributed by atoms with Crippen LogP contribution in [0, 0.1) is 0 Å². The Bertz CT molecular complexity index is 1190. The Hall–Kier alpha value is -3.61. The van der Waals surface area contributed by atoms with E-state index in [0.29, 0.717) is 5.56 Å². The molecule has 0 fully saturated rings. The predicted molar refractivity (Wildman–Crippen MR) is 121 cm³/mol. The number of aldehydes is 1. The molecule has 0 aliphatic carbocycles. The summed E-state index contributed by atoms with van der Waals surface area (Å²) in [6, 6.07) is 10.4. The number of carbonyl (C=O) groups is 3. The van der Waals surface area contributed by atoms with Gasteiger partial charge < -0.3 is 19.0 Å². The third-order valence-corrected chi connectivity index (χ3v) is 5.29. The number of benzene rings is 2. The molecule has 1 atom stereocenters. The van der Waals surface area contributed by atoms with Gasteiger partial charge in [0, 0.05) is 6.42 Å². The monoisotopic (exact) mass is 531 g/mol. The second-order valence-electron chi connectivity index (χ2n) is 8.47. The van der Waals surface area contributed by atoms with E-state index >= 15 is 0 Å². The summed E-state index contributed by atoms with van der Waals surface area (Å²) in [6.45, 7) is 4.73. The summed E-state index contributed by atoms with van der Waals surface area (Å²) >= 11 is 0. The predicted octanol–water partition coefficient (Wildman–Crippen LogP) is 3.91. The van der Waals surface area contributed by atoms with Gasteiger partial charge in [0.15, 0.2) is 12.0 Å². The minimum atomic E-state index is -6.01. The number of alkyl halides is 3. The zero-order valence-electron chi connectivity index (χ0n) is 19.5. The Morgan fingerprint density at radius 2 is 1.67 bits per heavy atom. The van der Waals surface area contributed by atoms with Crippen LogP contribution in [0.1, 0.15) is 42.3 Å². The van der Waals surface area contributed by atoms with Crippen molar-refractivity contribution in [3.8, 4) is 5.75 Å². The summed E-state index contributed by atoms with van der Waals surface area (Å²) in [5.74, 6) is -1.70. The number of hydrogen-bond acceptors (Lipinski definition) is 8. The van der Waals surface area contributed by atoms with Gasteiger partial charge in [0.2, 0.25) is 0 Å². The number of halogens is 3. The van der Waals surface area contributed by atoms with Crippen molar-refractivity contribution in [2.24, 2.45) is 0 Å². The highest BCUT2D eigenvalue weighted by Gasteiger charge is 2.48. The molecule has 0 aliphatic heterocycles. The summed E-state index contributed by atoms with van der Waals surface area (Å²) in [7, 11) is -6.01. The Morgan fingerprint density at radius 3 is 2.22 bits per heavy atom. The van der Waals surface area contributed by atoms with E-state index in [1.54, 1.807) is 51.1 Å². The second-order valence-corrected chi connectivity index (χ2v) is 10.0. The average Bonchev–Trinajstić information content (AvgIpc) is 2.76. The third kappa shape index (κ3) is 8.56. The number of esters is 1. The molecule has 2 aromatic carbocycles. The van der Waals surface area contributed by atoms with Crippen LogP contribution >= 0.6 is 0 Å². The smallest absolute Gasteiger partial charge is 0.459 e. The van der Waals surface area contributed by atoms with Crippen molar-refractivity contribution in [3.05, 3.63) is 65.2 Å². The maximum absolute atomic E-state index is 12.8.